The summed E-state index contributed by atoms with van der Waals surface area (Å²) in [5.41, 5.74) is 3.77. The number of aryl methyl sites for hydroxylation is 1. The van der Waals surface area contributed by atoms with E-state index in [0.717, 1.165) is 42.2 Å². The number of carbonyl (C=O) groups is 1. The van der Waals surface area contributed by atoms with Crippen LogP contribution in [0.2, 0.25) is 0 Å². The lowest BCUT2D eigenvalue weighted by Crippen LogP contribution is -2.01. The van der Waals surface area contributed by atoms with E-state index < -0.39 is 0 Å². The van der Waals surface area contributed by atoms with Crippen LogP contribution in [0.25, 0.3) is 22.4 Å². The SMILES string of the molecule is Cc1ccc(-c2nnc3sc(SCCOc4ccc(C(=O)/C=C/c5cccc(Br)c5)cc4)nn23)cc1. The summed E-state index contributed by atoms with van der Waals surface area (Å²) < 4.78 is 9.53. The average Bonchev–Trinajstić information content (AvgIpc) is 3.47. The summed E-state index contributed by atoms with van der Waals surface area (Å²) in [4.78, 5) is 13.2. The van der Waals surface area contributed by atoms with E-state index in [2.05, 4.69) is 50.3 Å². The zero-order valence-electron chi connectivity index (χ0n) is 19.3. The molecule has 0 spiro atoms. The molecular formula is C27H21BrN4O2S2. The number of carbonyl (C=O) groups excluding carboxylic acids is 1. The van der Waals surface area contributed by atoms with Crippen molar-refractivity contribution in [3.63, 3.8) is 0 Å². The van der Waals surface area contributed by atoms with Crippen molar-refractivity contribution in [2.75, 3.05) is 12.4 Å². The van der Waals surface area contributed by atoms with Crippen LogP contribution in [-0.4, -0.2) is 38.0 Å². The topological polar surface area (TPSA) is 69.4 Å². The summed E-state index contributed by atoms with van der Waals surface area (Å²) in [7, 11) is 0. The standard InChI is InChI=1S/C27H21BrN4O2S2/c1-18-5-8-21(9-6-18)25-29-30-26-32(25)31-27(36-26)35-16-15-34-23-12-10-20(11-13-23)24(33)14-7-19-3-2-4-22(28)17-19/h2-14,17H,15-16H2,1H3/b14-7+. The van der Waals surface area contributed by atoms with E-state index >= 15 is 0 Å². The average molecular weight is 578 g/mol. The lowest BCUT2D eigenvalue weighted by molar-refractivity contribution is 0.104. The number of benzene rings is 3. The van der Waals surface area contributed by atoms with Crippen LogP contribution < -0.4 is 4.74 Å². The van der Waals surface area contributed by atoms with Gasteiger partial charge in [-0.15, -0.1) is 15.3 Å². The molecule has 3 aromatic carbocycles. The highest BCUT2D eigenvalue weighted by atomic mass is 79.9. The second-order valence-corrected chi connectivity index (χ2v) is 11.1. The molecule has 2 aromatic heterocycles. The number of allylic oxidation sites excluding steroid dienone is 1. The first-order valence-electron chi connectivity index (χ1n) is 11.2. The molecule has 0 saturated carbocycles. The van der Waals surface area contributed by atoms with Crippen LogP contribution in [0.15, 0.2) is 87.7 Å². The molecule has 0 aliphatic carbocycles. The predicted molar refractivity (Wildman–Crippen MR) is 149 cm³/mol. The number of rotatable bonds is 9. The Kier molecular flexibility index (Phi) is 7.60. The minimum absolute atomic E-state index is 0.0506. The second kappa shape index (κ2) is 11.2. The molecule has 0 saturated heterocycles. The van der Waals surface area contributed by atoms with E-state index in [-0.39, 0.29) is 5.78 Å². The molecule has 36 heavy (non-hydrogen) atoms. The van der Waals surface area contributed by atoms with Gasteiger partial charge in [-0.3, -0.25) is 4.79 Å². The molecule has 9 heteroatoms. The van der Waals surface area contributed by atoms with Gasteiger partial charge in [-0.1, -0.05) is 87.1 Å². The molecule has 0 unspecified atom stereocenters. The predicted octanol–water partition coefficient (Wildman–Crippen LogP) is 6.99. The van der Waals surface area contributed by atoms with Crippen molar-refractivity contribution in [1.29, 1.82) is 0 Å². The number of ketones is 1. The van der Waals surface area contributed by atoms with Gasteiger partial charge in [-0.25, -0.2) is 0 Å². The van der Waals surface area contributed by atoms with Gasteiger partial charge in [-0.05, 0) is 55.0 Å². The van der Waals surface area contributed by atoms with Gasteiger partial charge in [0, 0.05) is 21.4 Å². The van der Waals surface area contributed by atoms with Crippen molar-refractivity contribution in [3.8, 4) is 17.1 Å². The molecule has 180 valence electrons. The minimum Gasteiger partial charge on any atom is -0.493 e. The van der Waals surface area contributed by atoms with Gasteiger partial charge in [0.1, 0.15) is 5.75 Å². The Bertz CT molecular complexity index is 1530. The summed E-state index contributed by atoms with van der Waals surface area (Å²) in [5.74, 6) is 2.15. The molecule has 5 rings (SSSR count). The van der Waals surface area contributed by atoms with Crippen molar-refractivity contribution in [3.05, 3.63) is 100 Å². The van der Waals surface area contributed by atoms with Gasteiger partial charge in [-0.2, -0.15) is 4.52 Å². The molecule has 0 aliphatic rings. The van der Waals surface area contributed by atoms with E-state index in [1.165, 1.54) is 16.9 Å². The highest BCUT2D eigenvalue weighted by Gasteiger charge is 2.13. The van der Waals surface area contributed by atoms with Gasteiger partial charge in [0.15, 0.2) is 15.9 Å². The van der Waals surface area contributed by atoms with Crippen LogP contribution >= 0.6 is 39.0 Å². The molecule has 6 nitrogen and oxygen atoms in total. The van der Waals surface area contributed by atoms with Crippen LogP contribution in [-0.2, 0) is 0 Å². The van der Waals surface area contributed by atoms with Gasteiger partial charge < -0.3 is 4.74 Å². The van der Waals surface area contributed by atoms with Crippen molar-refractivity contribution in [2.45, 2.75) is 11.3 Å². The Morgan fingerprint density at radius 3 is 2.67 bits per heavy atom. The third kappa shape index (κ3) is 5.92. The number of hydrogen-bond donors (Lipinski definition) is 0. The van der Waals surface area contributed by atoms with Gasteiger partial charge in [0.2, 0.25) is 4.96 Å². The van der Waals surface area contributed by atoms with Gasteiger partial charge in [0.05, 0.1) is 6.61 Å². The van der Waals surface area contributed by atoms with E-state index in [1.54, 1.807) is 34.5 Å². The number of nitrogens with zero attached hydrogens (tertiary/aromatic N) is 4. The lowest BCUT2D eigenvalue weighted by atomic mass is 10.1. The van der Waals surface area contributed by atoms with Crippen molar-refractivity contribution in [2.24, 2.45) is 0 Å². The van der Waals surface area contributed by atoms with Gasteiger partial charge in [0.25, 0.3) is 0 Å². The second-order valence-electron chi connectivity index (χ2n) is 7.93. The number of ether oxygens (including phenoxy) is 1. The third-order valence-electron chi connectivity index (χ3n) is 5.27. The van der Waals surface area contributed by atoms with Crippen LogP contribution in [0.5, 0.6) is 5.75 Å². The van der Waals surface area contributed by atoms with Crippen LogP contribution in [0.1, 0.15) is 21.5 Å². The summed E-state index contributed by atoms with van der Waals surface area (Å²) in [6, 6.07) is 23.2. The maximum absolute atomic E-state index is 12.5. The first-order chi connectivity index (χ1) is 17.5. The molecule has 0 atom stereocenters. The minimum atomic E-state index is -0.0506. The number of halogens is 1. The fourth-order valence-electron chi connectivity index (χ4n) is 3.42. The Morgan fingerprint density at radius 1 is 1.08 bits per heavy atom. The summed E-state index contributed by atoms with van der Waals surface area (Å²) >= 11 is 6.56. The van der Waals surface area contributed by atoms with Crippen LogP contribution in [0.4, 0.5) is 0 Å². The maximum atomic E-state index is 12.5. The smallest absolute Gasteiger partial charge is 0.235 e. The zero-order chi connectivity index (χ0) is 24.9. The Morgan fingerprint density at radius 2 is 1.89 bits per heavy atom. The molecule has 0 amide bonds. The monoisotopic (exact) mass is 576 g/mol. The highest BCUT2D eigenvalue weighted by molar-refractivity contribution is 9.10. The van der Waals surface area contributed by atoms with Gasteiger partial charge >= 0.3 is 0 Å². The lowest BCUT2D eigenvalue weighted by Gasteiger charge is -2.05. The molecule has 0 fully saturated rings. The van der Waals surface area contributed by atoms with E-state index in [0.29, 0.717) is 12.2 Å². The van der Waals surface area contributed by atoms with Crippen molar-refractivity contribution in [1.82, 2.24) is 19.8 Å². The molecule has 0 radical (unpaired) electrons. The molecule has 0 bridgehead atoms. The Labute approximate surface area is 225 Å². The third-order valence-corrected chi connectivity index (χ3v) is 7.76. The molecule has 0 aliphatic heterocycles. The van der Waals surface area contributed by atoms with E-state index in [1.807, 2.05) is 54.6 Å². The fourth-order valence-corrected chi connectivity index (χ4v) is 5.60. The molecule has 5 aromatic rings. The van der Waals surface area contributed by atoms with Crippen molar-refractivity contribution >= 4 is 55.8 Å². The van der Waals surface area contributed by atoms with Crippen molar-refractivity contribution < 1.29 is 9.53 Å². The fraction of sp³-hybridized carbons (Fsp3) is 0.111. The molecular weight excluding hydrogens is 556 g/mol. The summed E-state index contributed by atoms with van der Waals surface area (Å²) in [5, 5.41) is 13.2. The summed E-state index contributed by atoms with van der Waals surface area (Å²) in [6.07, 6.45) is 3.39. The molecule has 0 N–H and O–H groups in total. The number of hydrogen-bond acceptors (Lipinski definition) is 7. The van der Waals surface area contributed by atoms with Crippen LogP contribution in [0.3, 0.4) is 0 Å². The number of fused-ring (bicyclic) bond motifs is 1. The quantitative estimate of drug-likeness (QED) is 0.0814. The Hall–Kier alpha value is -3.27. The van der Waals surface area contributed by atoms with Crippen LogP contribution in [0, 0.1) is 6.92 Å². The first-order valence-corrected chi connectivity index (χ1v) is 13.8. The maximum Gasteiger partial charge on any atom is 0.235 e. The Balaban J connectivity index is 1.12. The largest absolute Gasteiger partial charge is 0.493 e. The normalized spacial score (nSPS) is 11.4. The van der Waals surface area contributed by atoms with E-state index in [9.17, 15) is 4.79 Å². The highest BCUT2D eigenvalue weighted by Crippen LogP contribution is 2.27. The zero-order valence-corrected chi connectivity index (χ0v) is 22.5. The van der Waals surface area contributed by atoms with E-state index in [4.69, 9.17) is 4.74 Å². The number of aromatic nitrogens is 4. The molecule has 2 heterocycles. The first kappa shape index (κ1) is 24.4. The summed E-state index contributed by atoms with van der Waals surface area (Å²) in [6.45, 7) is 2.58. The number of thioether (sulfide) groups is 1.